The molecule has 0 atom stereocenters. The van der Waals surface area contributed by atoms with Crippen molar-refractivity contribution in [3.63, 3.8) is 0 Å². The van der Waals surface area contributed by atoms with Crippen molar-refractivity contribution in [2.45, 2.75) is 20.0 Å². The fourth-order valence-corrected chi connectivity index (χ4v) is 2.12. The zero-order valence-corrected chi connectivity index (χ0v) is 11.5. The largest absolute Gasteiger partial charge is 0.309 e. The molecule has 0 saturated carbocycles. The first kappa shape index (κ1) is 13.6. The van der Waals surface area contributed by atoms with Crippen molar-refractivity contribution in [1.29, 1.82) is 5.26 Å². The predicted octanol–water partition coefficient (Wildman–Crippen LogP) is 3.81. The fourth-order valence-electron chi connectivity index (χ4n) is 1.90. The van der Waals surface area contributed by atoms with E-state index >= 15 is 0 Å². The highest BCUT2D eigenvalue weighted by molar-refractivity contribution is 6.30. The van der Waals surface area contributed by atoms with Gasteiger partial charge in [0.25, 0.3) is 0 Å². The Balaban J connectivity index is 1.91. The van der Waals surface area contributed by atoms with E-state index in [1.807, 2.05) is 42.5 Å². The number of hydrogen-bond acceptors (Lipinski definition) is 2. The van der Waals surface area contributed by atoms with Crippen molar-refractivity contribution in [3.8, 4) is 6.07 Å². The van der Waals surface area contributed by atoms with Crippen LogP contribution in [-0.2, 0) is 13.1 Å². The molecule has 96 valence electrons. The lowest BCUT2D eigenvalue weighted by molar-refractivity contribution is 0.690. The van der Waals surface area contributed by atoms with Gasteiger partial charge >= 0.3 is 0 Å². The molecule has 0 heterocycles. The van der Waals surface area contributed by atoms with Gasteiger partial charge in [-0.15, -0.1) is 0 Å². The van der Waals surface area contributed by atoms with E-state index in [0.29, 0.717) is 5.56 Å². The Morgan fingerprint density at radius 3 is 2.47 bits per heavy atom. The smallest absolute Gasteiger partial charge is 0.0991 e. The van der Waals surface area contributed by atoms with E-state index < -0.39 is 0 Å². The maximum absolute atomic E-state index is 8.73. The van der Waals surface area contributed by atoms with E-state index in [9.17, 15) is 0 Å². The van der Waals surface area contributed by atoms with Gasteiger partial charge in [-0.1, -0.05) is 29.8 Å². The van der Waals surface area contributed by atoms with Crippen molar-refractivity contribution in [3.05, 3.63) is 69.7 Å². The Morgan fingerprint density at radius 2 is 1.84 bits per heavy atom. The zero-order chi connectivity index (χ0) is 13.7. The summed E-state index contributed by atoms with van der Waals surface area (Å²) in [5.41, 5.74) is 4.31. The lowest BCUT2D eigenvalue weighted by Crippen LogP contribution is -2.13. The molecule has 2 rings (SSSR count). The highest BCUT2D eigenvalue weighted by Crippen LogP contribution is 2.15. The molecule has 0 amide bonds. The molecule has 3 heteroatoms. The van der Waals surface area contributed by atoms with Crippen LogP contribution in [0.1, 0.15) is 22.3 Å². The van der Waals surface area contributed by atoms with E-state index in [-0.39, 0.29) is 0 Å². The van der Waals surface area contributed by atoms with Crippen molar-refractivity contribution in [2.75, 3.05) is 0 Å². The molecular weight excluding hydrogens is 256 g/mol. The van der Waals surface area contributed by atoms with E-state index in [1.165, 1.54) is 16.7 Å². The van der Waals surface area contributed by atoms with E-state index in [2.05, 4.69) is 18.3 Å². The quantitative estimate of drug-likeness (QED) is 0.917. The van der Waals surface area contributed by atoms with Crippen molar-refractivity contribution >= 4 is 11.6 Å². The first-order valence-electron chi connectivity index (χ1n) is 6.14. The van der Waals surface area contributed by atoms with Crippen LogP contribution >= 0.6 is 11.6 Å². The van der Waals surface area contributed by atoms with Gasteiger partial charge in [0.1, 0.15) is 0 Å². The number of rotatable bonds is 4. The SMILES string of the molecule is Cc1cc(Cl)ccc1CNCc1ccc(C#N)cc1. The maximum atomic E-state index is 8.73. The second-order valence-corrected chi connectivity index (χ2v) is 4.92. The van der Waals surface area contributed by atoms with Crippen molar-refractivity contribution < 1.29 is 0 Å². The van der Waals surface area contributed by atoms with Gasteiger partial charge in [-0.25, -0.2) is 0 Å². The molecule has 0 aliphatic rings. The third-order valence-corrected chi connectivity index (χ3v) is 3.27. The second-order valence-electron chi connectivity index (χ2n) is 4.48. The molecule has 2 aromatic carbocycles. The first-order chi connectivity index (χ1) is 9.19. The summed E-state index contributed by atoms with van der Waals surface area (Å²) in [6.07, 6.45) is 0. The summed E-state index contributed by atoms with van der Waals surface area (Å²) in [6.45, 7) is 3.65. The highest BCUT2D eigenvalue weighted by atomic mass is 35.5. The Hall–Kier alpha value is -1.82. The van der Waals surface area contributed by atoms with Crippen molar-refractivity contribution in [2.24, 2.45) is 0 Å². The molecule has 0 fully saturated rings. The molecule has 0 unspecified atom stereocenters. The molecule has 1 N–H and O–H groups in total. The van der Waals surface area contributed by atoms with Gasteiger partial charge in [0.05, 0.1) is 11.6 Å². The maximum Gasteiger partial charge on any atom is 0.0991 e. The van der Waals surface area contributed by atoms with Gasteiger partial charge in [0.2, 0.25) is 0 Å². The standard InChI is InChI=1S/C16H15ClN2/c1-12-8-16(17)7-6-15(12)11-19-10-14-4-2-13(9-18)3-5-14/h2-8,19H,10-11H2,1H3. The molecule has 2 aromatic rings. The van der Waals surface area contributed by atoms with Gasteiger partial charge in [-0.3, -0.25) is 0 Å². The van der Waals surface area contributed by atoms with E-state index in [1.54, 1.807) is 0 Å². The van der Waals surface area contributed by atoms with Crippen LogP contribution in [0, 0.1) is 18.3 Å². The van der Waals surface area contributed by atoms with Crippen molar-refractivity contribution in [1.82, 2.24) is 5.32 Å². The Kier molecular flexibility index (Phi) is 4.57. The third kappa shape index (κ3) is 3.82. The van der Waals surface area contributed by atoms with Crippen LogP contribution < -0.4 is 5.32 Å². The van der Waals surface area contributed by atoms with Crippen LogP contribution in [0.5, 0.6) is 0 Å². The van der Waals surface area contributed by atoms with Gasteiger partial charge in [-0.2, -0.15) is 5.26 Å². The van der Waals surface area contributed by atoms with E-state index in [4.69, 9.17) is 16.9 Å². The molecule has 0 bridgehead atoms. The minimum atomic E-state index is 0.692. The molecule has 0 spiro atoms. The Labute approximate surface area is 118 Å². The monoisotopic (exact) mass is 270 g/mol. The molecule has 2 nitrogen and oxygen atoms in total. The van der Waals surface area contributed by atoms with Gasteiger partial charge in [0, 0.05) is 18.1 Å². The van der Waals surface area contributed by atoms with Crippen LogP contribution in [0.15, 0.2) is 42.5 Å². The van der Waals surface area contributed by atoms with Crippen LogP contribution in [0.4, 0.5) is 0 Å². The molecule has 0 aromatic heterocycles. The number of nitriles is 1. The number of benzene rings is 2. The number of nitrogens with zero attached hydrogens (tertiary/aromatic N) is 1. The summed E-state index contributed by atoms with van der Waals surface area (Å²) in [5.74, 6) is 0. The lowest BCUT2D eigenvalue weighted by atomic mass is 10.1. The molecule has 0 aliphatic heterocycles. The number of nitrogens with one attached hydrogen (secondary N) is 1. The summed E-state index contributed by atoms with van der Waals surface area (Å²) in [7, 11) is 0. The molecular formula is C16H15ClN2. The molecule has 0 aliphatic carbocycles. The minimum Gasteiger partial charge on any atom is -0.309 e. The lowest BCUT2D eigenvalue weighted by Gasteiger charge is -2.08. The molecule has 0 saturated heterocycles. The summed E-state index contributed by atoms with van der Waals surface area (Å²) >= 11 is 5.93. The third-order valence-electron chi connectivity index (χ3n) is 3.03. The fraction of sp³-hybridized carbons (Fsp3) is 0.188. The summed E-state index contributed by atoms with van der Waals surface area (Å²) in [6, 6.07) is 15.7. The van der Waals surface area contributed by atoms with Crippen LogP contribution in [0.25, 0.3) is 0 Å². The second kappa shape index (κ2) is 6.38. The average Bonchev–Trinajstić information content (AvgIpc) is 2.42. The Bertz CT molecular complexity index is 597. The van der Waals surface area contributed by atoms with Gasteiger partial charge in [0.15, 0.2) is 0 Å². The number of halogens is 1. The zero-order valence-electron chi connectivity index (χ0n) is 10.8. The summed E-state index contributed by atoms with van der Waals surface area (Å²) < 4.78 is 0. The van der Waals surface area contributed by atoms with Crippen LogP contribution in [0.3, 0.4) is 0 Å². The van der Waals surface area contributed by atoms with E-state index in [0.717, 1.165) is 18.1 Å². The number of hydrogen-bond donors (Lipinski definition) is 1. The van der Waals surface area contributed by atoms with Gasteiger partial charge in [-0.05, 0) is 47.9 Å². The Morgan fingerprint density at radius 1 is 1.11 bits per heavy atom. The average molecular weight is 271 g/mol. The number of aryl methyl sites for hydroxylation is 1. The first-order valence-corrected chi connectivity index (χ1v) is 6.51. The predicted molar refractivity (Wildman–Crippen MR) is 77.9 cm³/mol. The normalized spacial score (nSPS) is 10.2. The minimum absolute atomic E-state index is 0.692. The van der Waals surface area contributed by atoms with Crippen LogP contribution in [-0.4, -0.2) is 0 Å². The topological polar surface area (TPSA) is 35.8 Å². The summed E-state index contributed by atoms with van der Waals surface area (Å²) in [4.78, 5) is 0. The highest BCUT2D eigenvalue weighted by Gasteiger charge is 1.99. The summed E-state index contributed by atoms with van der Waals surface area (Å²) in [5, 5.41) is 12.9. The van der Waals surface area contributed by atoms with Gasteiger partial charge < -0.3 is 5.32 Å². The van der Waals surface area contributed by atoms with Crippen LogP contribution in [0.2, 0.25) is 5.02 Å². The molecule has 19 heavy (non-hydrogen) atoms. The molecule has 0 radical (unpaired) electrons.